The first-order valence-electron chi connectivity index (χ1n) is 20.1. The lowest BCUT2D eigenvalue weighted by molar-refractivity contribution is -0.145. The fourth-order valence-corrected chi connectivity index (χ4v) is 9.42. The van der Waals surface area contributed by atoms with Gasteiger partial charge in [0.05, 0.1) is 31.9 Å². The number of esters is 1. The van der Waals surface area contributed by atoms with Crippen molar-refractivity contribution in [3.8, 4) is 0 Å². The van der Waals surface area contributed by atoms with Gasteiger partial charge in [-0.05, 0) is 83.1 Å². The number of hydrogen-bond acceptors (Lipinski definition) is 9. The molecule has 298 valence electrons. The summed E-state index contributed by atoms with van der Waals surface area (Å²) in [6.07, 6.45) is 7.57. The molecular weight excluding hydrogens is 695 g/mol. The maximum absolute atomic E-state index is 14.9. The summed E-state index contributed by atoms with van der Waals surface area (Å²) in [6, 6.07) is 5.19. The summed E-state index contributed by atoms with van der Waals surface area (Å²) < 4.78 is 37.2. The van der Waals surface area contributed by atoms with E-state index in [-0.39, 0.29) is 36.0 Å². The summed E-state index contributed by atoms with van der Waals surface area (Å²) >= 11 is 0. The van der Waals surface area contributed by atoms with Crippen LogP contribution in [0.5, 0.6) is 0 Å². The predicted molar refractivity (Wildman–Crippen MR) is 200 cm³/mol. The van der Waals surface area contributed by atoms with E-state index in [1.54, 1.807) is 31.7 Å². The molecule has 3 N–H and O–H groups in total. The molecule has 12 nitrogen and oxygen atoms in total. The highest BCUT2D eigenvalue weighted by atomic mass is 19.1. The Labute approximate surface area is 317 Å². The van der Waals surface area contributed by atoms with Gasteiger partial charge >= 0.3 is 12.1 Å². The van der Waals surface area contributed by atoms with Gasteiger partial charge in [0.25, 0.3) is 0 Å². The van der Waals surface area contributed by atoms with Crippen molar-refractivity contribution in [3.63, 3.8) is 0 Å². The molecule has 1 aromatic carbocycles. The third-order valence-electron chi connectivity index (χ3n) is 12.0. The molecule has 3 heterocycles. The molecule has 13 heteroatoms. The molecule has 2 aliphatic carbocycles. The third kappa shape index (κ3) is 9.38. The number of nitrogens with zero attached hydrogens (tertiary/aromatic N) is 2. The minimum atomic E-state index is -0.846. The molecule has 0 radical (unpaired) electrons. The molecule has 3 amide bonds. The number of alkyl carbamates (subject to hydrolysis) is 1. The number of fused-ring (bicyclic) bond motifs is 1. The zero-order valence-corrected chi connectivity index (χ0v) is 32.2. The SMILES string of the molecule is CC(C)(C)OC(=O)NC(CF)C1CCC(C(=O)N2C(c3c(C(=O)OCCCN4CCOCC4)oc4ccccc34)C[C@@H](C3CCCCC3)[C@H]2C(N)=O)CC1. The number of carbonyl (C=O) groups excluding carboxylic acids is 4. The number of alkyl halides is 1. The molecule has 4 fully saturated rings. The highest BCUT2D eigenvalue weighted by Crippen LogP contribution is 2.51. The summed E-state index contributed by atoms with van der Waals surface area (Å²) in [5.74, 6) is -1.85. The fraction of sp³-hybridized carbons (Fsp3) is 0.707. The van der Waals surface area contributed by atoms with E-state index >= 15 is 0 Å². The van der Waals surface area contributed by atoms with Crippen LogP contribution in [0.15, 0.2) is 28.7 Å². The van der Waals surface area contributed by atoms with E-state index in [0.29, 0.717) is 68.3 Å². The maximum Gasteiger partial charge on any atom is 0.407 e. The highest BCUT2D eigenvalue weighted by molar-refractivity contribution is 5.98. The topological polar surface area (TPSA) is 154 Å². The summed E-state index contributed by atoms with van der Waals surface area (Å²) in [5, 5.41) is 3.40. The van der Waals surface area contributed by atoms with Crippen LogP contribution >= 0.6 is 0 Å². The quantitative estimate of drug-likeness (QED) is 0.188. The van der Waals surface area contributed by atoms with Gasteiger partial charge in [-0.1, -0.05) is 50.3 Å². The zero-order valence-electron chi connectivity index (χ0n) is 32.2. The number of halogens is 1. The van der Waals surface area contributed by atoms with Crippen molar-refractivity contribution in [2.45, 2.75) is 115 Å². The lowest BCUT2D eigenvalue weighted by Crippen LogP contribution is -2.51. The number of morpholine rings is 1. The van der Waals surface area contributed by atoms with E-state index in [1.165, 1.54) is 0 Å². The number of amides is 3. The molecule has 6 rings (SSSR count). The molecule has 1 aromatic heterocycles. The van der Waals surface area contributed by atoms with Gasteiger partial charge in [0.2, 0.25) is 17.6 Å². The standard InChI is InChI=1S/C41H59FN4O8/c1-41(2,3)54-40(50)44-31(25-42)27-14-16-28(17-15-27)38(48)46-32(24-30(35(46)37(43)47)26-10-5-4-6-11-26)34-29-12-7-8-13-33(29)53-36(34)39(49)52-21-9-18-45-19-22-51-23-20-45/h7-8,12-13,26-28,30-32,35H,4-6,9-11,14-25H2,1-3H3,(H2,43,47)(H,44,50)/t27?,28?,30-,31?,32?,35-/m0/s1. The van der Waals surface area contributed by atoms with Crippen molar-refractivity contribution >= 4 is 34.8 Å². The maximum atomic E-state index is 14.9. The number of benzene rings is 1. The Morgan fingerprint density at radius 1 is 1.00 bits per heavy atom. The molecule has 0 spiro atoms. The number of nitrogens with two attached hydrogens (primary N) is 1. The average molecular weight is 755 g/mol. The Morgan fingerprint density at radius 2 is 1.70 bits per heavy atom. The second kappa shape index (κ2) is 17.8. The number of hydrogen-bond donors (Lipinski definition) is 2. The van der Waals surface area contributed by atoms with E-state index in [2.05, 4.69) is 10.2 Å². The van der Waals surface area contributed by atoms with Gasteiger partial charge < -0.3 is 34.6 Å². The van der Waals surface area contributed by atoms with Gasteiger partial charge in [-0.15, -0.1) is 0 Å². The van der Waals surface area contributed by atoms with Crippen LogP contribution in [0, 0.1) is 23.7 Å². The van der Waals surface area contributed by atoms with Crippen molar-refractivity contribution in [2.75, 3.05) is 46.1 Å². The normalized spacial score (nSPS) is 26.4. The first-order valence-corrected chi connectivity index (χ1v) is 20.1. The average Bonchev–Trinajstić information content (AvgIpc) is 3.75. The molecule has 4 aliphatic rings. The highest BCUT2D eigenvalue weighted by Gasteiger charge is 2.53. The molecular formula is C41H59FN4O8. The second-order valence-corrected chi connectivity index (χ2v) is 16.7. The lowest BCUT2D eigenvalue weighted by atomic mass is 9.75. The molecule has 2 saturated carbocycles. The van der Waals surface area contributed by atoms with Gasteiger partial charge in [0.1, 0.15) is 23.9 Å². The Morgan fingerprint density at radius 3 is 2.37 bits per heavy atom. The molecule has 4 atom stereocenters. The first-order chi connectivity index (χ1) is 25.9. The second-order valence-electron chi connectivity index (χ2n) is 16.7. The van der Waals surface area contributed by atoms with Crippen LogP contribution in [0.2, 0.25) is 0 Å². The summed E-state index contributed by atoms with van der Waals surface area (Å²) in [7, 11) is 0. The number of ether oxygens (including phenoxy) is 3. The van der Waals surface area contributed by atoms with Crippen molar-refractivity contribution in [3.05, 3.63) is 35.6 Å². The lowest BCUT2D eigenvalue weighted by Gasteiger charge is -2.38. The van der Waals surface area contributed by atoms with E-state index in [4.69, 9.17) is 24.4 Å². The van der Waals surface area contributed by atoms with Crippen LogP contribution in [-0.2, 0) is 23.8 Å². The molecule has 0 bridgehead atoms. The van der Waals surface area contributed by atoms with Gasteiger partial charge in [-0.25, -0.2) is 14.0 Å². The Hall–Kier alpha value is -3.71. The van der Waals surface area contributed by atoms with Crippen molar-refractivity contribution in [2.24, 2.45) is 29.4 Å². The summed E-state index contributed by atoms with van der Waals surface area (Å²) in [4.78, 5) is 58.8. The van der Waals surface area contributed by atoms with Gasteiger partial charge in [-0.3, -0.25) is 14.5 Å². The van der Waals surface area contributed by atoms with Crippen molar-refractivity contribution in [1.82, 2.24) is 15.1 Å². The monoisotopic (exact) mass is 754 g/mol. The summed E-state index contributed by atoms with van der Waals surface area (Å²) in [6.45, 7) is 8.58. The van der Waals surface area contributed by atoms with E-state index in [9.17, 15) is 23.6 Å². The molecule has 2 unspecified atom stereocenters. The van der Waals surface area contributed by atoms with Crippen molar-refractivity contribution in [1.29, 1.82) is 0 Å². The Bertz CT molecular complexity index is 1610. The number of carbonyl (C=O) groups is 4. The number of furan rings is 1. The Kier molecular flexibility index (Phi) is 13.2. The van der Waals surface area contributed by atoms with E-state index in [0.717, 1.165) is 51.7 Å². The van der Waals surface area contributed by atoms with Crippen molar-refractivity contribution < 1.29 is 42.2 Å². The number of primary amides is 1. The molecule has 2 aromatic rings. The summed E-state index contributed by atoms with van der Waals surface area (Å²) in [5.41, 5.74) is 6.59. The smallest absolute Gasteiger partial charge is 0.407 e. The predicted octanol–water partition coefficient (Wildman–Crippen LogP) is 6.30. The van der Waals surface area contributed by atoms with Crippen LogP contribution in [0.1, 0.15) is 114 Å². The van der Waals surface area contributed by atoms with Gasteiger partial charge in [-0.2, -0.15) is 0 Å². The largest absolute Gasteiger partial charge is 0.460 e. The van der Waals surface area contributed by atoms with E-state index < -0.39 is 54.3 Å². The van der Waals surface area contributed by atoms with Crippen LogP contribution in [0.25, 0.3) is 11.0 Å². The number of para-hydroxylation sites is 1. The zero-order chi connectivity index (χ0) is 38.4. The Balaban J connectivity index is 1.25. The van der Waals surface area contributed by atoms with Crippen LogP contribution < -0.4 is 11.1 Å². The number of likely N-dealkylation sites (tertiary alicyclic amines) is 1. The van der Waals surface area contributed by atoms with Gasteiger partial charge in [0, 0.05) is 36.5 Å². The van der Waals surface area contributed by atoms with Gasteiger partial charge in [0.15, 0.2) is 0 Å². The molecule has 54 heavy (non-hydrogen) atoms. The first kappa shape index (κ1) is 40.0. The number of nitrogens with one attached hydrogen (secondary N) is 1. The van der Waals surface area contributed by atoms with Crippen LogP contribution in [-0.4, -0.2) is 97.5 Å². The third-order valence-corrected chi connectivity index (χ3v) is 12.0. The van der Waals surface area contributed by atoms with E-state index in [1.807, 2.05) is 18.2 Å². The molecule has 2 saturated heterocycles. The van der Waals surface area contributed by atoms with Crippen LogP contribution in [0.3, 0.4) is 0 Å². The van der Waals surface area contributed by atoms with Crippen LogP contribution in [0.4, 0.5) is 9.18 Å². The minimum absolute atomic E-state index is 0.0561. The minimum Gasteiger partial charge on any atom is -0.460 e. The fourth-order valence-electron chi connectivity index (χ4n) is 9.42. The number of rotatable bonds is 12. The molecule has 2 aliphatic heterocycles.